The van der Waals surface area contributed by atoms with Gasteiger partial charge in [0.05, 0.1) is 18.6 Å². The number of hydrogen-bond acceptors (Lipinski definition) is 3. The van der Waals surface area contributed by atoms with Crippen LogP contribution in [0.25, 0.3) is 11.0 Å². The third kappa shape index (κ3) is 1.48. The molecule has 0 bridgehead atoms. The maximum absolute atomic E-state index is 5.24. The fraction of sp³-hybridized carbons (Fsp3) is 0.167. The average molecular weight is 213 g/mol. The normalized spacial score (nSPS) is 11.1. The van der Waals surface area contributed by atoms with Crippen LogP contribution < -0.4 is 0 Å². The van der Waals surface area contributed by atoms with Crippen molar-refractivity contribution in [3.05, 3.63) is 48.2 Å². The third-order valence-corrected chi connectivity index (χ3v) is 2.55. The number of aromatic nitrogens is 3. The van der Waals surface area contributed by atoms with E-state index in [0.29, 0.717) is 6.54 Å². The second-order valence-corrected chi connectivity index (χ2v) is 3.81. The topological polar surface area (TPSA) is 43.9 Å². The molecule has 0 saturated carbocycles. The molecule has 0 N–H and O–H groups in total. The van der Waals surface area contributed by atoms with Crippen LogP contribution in [0.4, 0.5) is 0 Å². The van der Waals surface area contributed by atoms with Gasteiger partial charge in [-0.15, -0.1) is 0 Å². The molecule has 16 heavy (non-hydrogen) atoms. The molecule has 0 unspecified atom stereocenters. The van der Waals surface area contributed by atoms with E-state index in [1.54, 1.807) is 6.33 Å². The fourth-order valence-electron chi connectivity index (χ4n) is 1.78. The SMILES string of the molecule is Cc1cn(Cc2noc3ccccc23)cn1. The Morgan fingerprint density at radius 1 is 1.31 bits per heavy atom. The van der Waals surface area contributed by atoms with Crippen LogP contribution in [0.1, 0.15) is 11.4 Å². The molecule has 0 saturated heterocycles. The summed E-state index contributed by atoms with van der Waals surface area (Å²) < 4.78 is 7.24. The molecule has 0 radical (unpaired) electrons. The van der Waals surface area contributed by atoms with Crippen molar-refractivity contribution in [1.82, 2.24) is 14.7 Å². The highest BCUT2D eigenvalue weighted by molar-refractivity contribution is 5.79. The smallest absolute Gasteiger partial charge is 0.167 e. The van der Waals surface area contributed by atoms with Crippen LogP contribution >= 0.6 is 0 Å². The van der Waals surface area contributed by atoms with Crippen LogP contribution in [0.5, 0.6) is 0 Å². The summed E-state index contributed by atoms with van der Waals surface area (Å²) in [6.45, 7) is 2.66. The molecule has 0 atom stereocenters. The molecule has 0 aliphatic rings. The Morgan fingerprint density at radius 3 is 3.00 bits per heavy atom. The number of imidazole rings is 1. The van der Waals surface area contributed by atoms with Crippen molar-refractivity contribution in [2.75, 3.05) is 0 Å². The van der Waals surface area contributed by atoms with Gasteiger partial charge in [0.1, 0.15) is 5.69 Å². The van der Waals surface area contributed by atoms with Crippen LogP contribution in [-0.4, -0.2) is 14.7 Å². The van der Waals surface area contributed by atoms with Crippen LogP contribution in [-0.2, 0) is 6.54 Å². The summed E-state index contributed by atoms with van der Waals surface area (Å²) in [7, 11) is 0. The van der Waals surface area contributed by atoms with Crippen LogP contribution in [0.15, 0.2) is 41.3 Å². The van der Waals surface area contributed by atoms with Gasteiger partial charge < -0.3 is 9.09 Å². The molecular formula is C12H11N3O. The summed E-state index contributed by atoms with van der Waals surface area (Å²) in [6.07, 6.45) is 3.79. The van der Waals surface area contributed by atoms with Gasteiger partial charge in [-0.25, -0.2) is 4.98 Å². The largest absolute Gasteiger partial charge is 0.356 e. The summed E-state index contributed by atoms with van der Waals surface area (Å²) in [5, 5.41) is 5.14. The Labute approximate surface area is 92.5 Å². The Bertz CT molecular complexity index is 624. The summed E-state index contributed by atoms with van der Waals surface area (Å²) >= 11 is 0. The Kier molecular flexibility index (Phi) is 1.99. The van der Waals surface area contributed by atoms with Crippen molar-refractivity contribution in [1.29, 1.82) is 0 Å². The lowest BCUT2D eigenvalue weighted by atomic mass is 10.2. The van der Waals surface area contributed by atoms with E-state index in [1.165, 1.54) is 0 Å². The summed E-state index contributed by atoms with van der Waals surface area (Å²) in [4.78, 5) is 4.18. The molecule has 3 rings (SSSR count). The molecule has 0 aliphatic heterocycles. The van der Waals surface area contributed by atoms with Gasteiger partial charge in [-0.3, -0.25) is 0 Å². The van der Waals surface area contributed by atoms with Crippen molar-refractivity contribution in [3.63, 3.8) is 0 Å². The highest BCUT2D eigenvalue weighted by Gasteiger charge is 2.07. The molecule has 80 valence electrons. The number of fused-ring (bicyclic) bond motifs is 1. The zero-order chi connectivity index (χ0) is 11.0. The standard InChI is InChI=1S/C12H11N3O/c1-9-6-15(8-13-9)7-11-10-4-2-3-5-12(10)16-14-11/h2-6,8H,7H2,1H3. The van der Waals surface area contributed by atoms with Gasteiger partial charge in [0, 0.05) is 11.6 Å². The maximum atomic E-state index is 5.24. The molecule has 0 amide bonds. The molecule has 0 aliphatic carbocycles. The average Bonchev–Trinajstić information content (AvgIpc) is 2.87. The van der Waals surface area contributed by atoms with Gasteiger partial charge in [-0.1, -0.05) is 17.3 Å². The van der Waals surface area contributed by atoms with E-state index in [0.717, 1.165) is 22.4 Å². The Morgan fingerprint density at radius 2 is 2.19 bits per heavy atom. The predicted octanol–water partition coefficient (Wildman–Crippen LogP) is 2.38. The molecule has 2 heterocycles. The zero-order valence-electron chi connectivity index (χ0n) is 8.92. The molecule has 2 aromatic heterocycles. The van der Waals surface area contributed by atoms with Gasteiger partial charge in [-0.2, -0.15) is 0 Å². The number of benzene rings is 1. The van der Waals surface area contributed by atoms with Gasteiger partial charge in [0.2, 0.25) is 0 Å². The fourth-order valence-corrected chi connectivity index (χ4v) is 1.78. The Hall–Kier alpha value is -2.10. The minimum Gasteiger partial charge on any atom is -0.356 e. The van der Waals surface area contributed by atoms with E-state index in [9.17, 15) is 0 Å². The molecule has 4 heteroatoms. The van der Waals surface area contributed by atoms with E-state index in [2.05, 4.69) is 10.1 Å². The van der Waals surface area contributed by atoms with Gasteiger partial charge in [0.25, 0.3) is 0 Å². The summed E-state index contributed by atoms with van der Waals surface area (Å²) in [6, 6.07) is 7.87. The van der Waals surface area contributed by atoms with Crippen molar-refractivity contribution < 1.29 is 4.52 Å². The molecular weight excluding hydrogens is 202 g/mol. The molecule has 0 spiro atoms. The summed E-state index contributed by atoms with van der Waals surface area (Å²) in [5.74, 6) is 0. The first-order valence-corrected chi connectivity index (χ1v) is 5.14. The molecule has 0 fully saturated rings. The number of hydrogen-bond donors (Lipinski definition) is 0. The highest BCUT2D eigenvalue weighted by atomic mass is 16.5. The number of aryl methyl sites for hydroxylation is 1. The number of rotatable bonds is 2. The Balaban J connectivity index is 2.00. The number of nitrogens with zero attached hydrogens (tertiary/aromatic N) is 3. The second kappa shape index (κ2) is 3.48. The number of para-hydroxylation sites is 1. The highest BCUT2D eigenvalue weighted by Crippen LogP contribution is 2.18. The maximum Gasteiger partial charge on any atom is 0.167 e. The summed E-state index contributed by atoms with van der Waals surface area (Å²) in [5.41, 5.74) is 2.77. The van der Waals surface area contributed by atoms with Crippen LogP contribution in [0.3, 0.4) is 0 Å². The lowest BCUT2D eigenvalue weighted by Gasteiger charge is -1.97. The quantitative estimate of drug-likeness (QED) is 0.656. The zero-order valence-corrected chi connectivity index (χ0v) is 8.92. The third-order valence-electron chi connectivity index (χ3n) is 2.55. The first-order valence-electron chi connectivity index (χ1n) is 5.14. The lowest BCUT2D eigenvalue weighted by Crippen LogP contribution is -1.96. The van der Waals surface area contributed by atoms with E-state index in [4.69, 9.17) is 4.52 Å². The lowest BCUT2D eigenvalue weighted by molar-refractivity contribution is 0.443. The first-order chi connectivity index (χ1) is 7.83. The van der Waals surface area contributed by atoms with Crippen molar-refractivity contribution in [2.24, 2.45) is 0 Å². The second-order valence-electron chi connectivity index (χ2n) is 3.81. The van der Waals surface area contributed by atoms with Crippen molar-refractivity contribution >= 4 is 11.0 Å². The van der Waals surface area contributed by atoms with E-state index >= 15 is 0 Å². The predicted molar refractivity (Wildman–Crippen MR) is 60.1 cm³/mol. The van der Waals surface area contributed by atoms with E-state index < -0.39 is 0 Å². The van der Waals surface area contributed by atoms with Crippen molar-refractivity contribution in [2.45, 2.75) is 13.5 Å². The van der Waals surface area contributed by atoms with E-state index in [1.807, 2.05) is 42.0 Å². The minimum atomic E-state index is 0.692. The molecule has 3 aromatic rings. The first kappa shape index (κ1) is 9.15. The van der Waals surface area contributed by atoms with Crippen molar-refractivity contribution in [3.8, 4) is 0 Å². The minimum absolute atomic E-state index is 0.692. The van der Waals surface area contributed by atoms with E-state index in [-0.39, 0.29) is 0 Å². The van der Waals surface area contributed by atoms with Crippen LogP contribution in [0, 0.1) is 6.92 Å². The molecule has 1 aromatic carbocycles. The van der Waals surface area contributed by atoms with Gasteiger partial charge in [-0.05, 0) is 19.1 Å². The van der Waals surface area contributed by atoms with Gasteiger partial charge in [0.15, 0.2) is 5.58 Å². The van der Waals surface area contributed by atoms with Gasteiger partial charge >= 0.3 is 0 Å². The molecule has 4 nitrogen and oxygen atoms in total. The monoisotopic (exact) mass is 213 g/mol. The van der Waals surface area contributed by atoms with Crippen LogP contribution in [0.2, 0.25) is 0 Å².